The largest absolute Gasteiger partial charge is 0.395 e. The van der Waals surface area contributed by atoms with Crippen molar-refractivity contribution in [2.75, 3.05) is 26.3 Å². The number of nitrogens with zero attached hydrogens (tertiary/aromatic N) is 1. The van der Waals surface area contributed by atoms with Crippen LogP contribution in [0.2, 0.25) is 0 Å². The second-order valence-electron chi connectivity index (χ2n) is 5.67. The molecule has 0 amide bonds. The third-order valence-electron chi connectivity index (χ3n) is 3.24. The summed E-state index contributed by atoms with van der Waals surface area (Å²) >= 11 is 0. The number of hydrogen-bond acceptors (Lipinski definition) is 4. The number of ether oxygens (including phenoxy) is 1. The Morgan fingerprint density at radius 3 is 1.94 bits per heavy atom. The maximum Gasteiger partial charge on any atom is 0.0789 e. The topological polar surface area (TPSA) is 52.9 Å². The molecule has 1 aliphatic heterocycles. The Balaban J connectivity index is 2.75. The summed E-state index contributed by atoms with van der Waals surface area (Å²) in [6.07, 6.45) is 0.931. The van der Waals surface area contributed by atoms with E-state index >= 15 is 0 Å². The van der Waals surface area contributed by atoms with Crippen LogP contribution in [0.5, 0.6) is 0 Å². The first kappa shape index (κ1) is 13.9. The molecule has 2 N–H and O–H groups in total. The minimum Gasteiger partial charge on any atom is -0.395 e. The fourth-order valence-electron chi connectivity index (χ4n) is 2.78. The van der Waals surface area contributed by atoms with Crippen LogP contribution in [-0.2, 0) is 4.74 Å². The third kappa shape index (κ3) is 3.17. The standard InChI is InChI=1S/C12H25NO3/c1-11(2)9-10(12(3,4)16-11)13(5-7-14)6-8-15/h10,14-15H,5-9H2,1-4H3. The summed E-state index contributed by atoms with van der Waals surface area (Å²) in [5, 5.41) is 18.1. The predicted octanol–water partition coefficient (Wildman–Crippen LogP) is 0.619. The van der Waals surface area contributed by atoms with Crippen LogP contribution in [0.25, 0.3) is 0 Å². The van der Waals surface area contributed by atoms with Gasteiger partial charge in [0.2, 0.25) is 0 Å². The summed E-state index contributed by atoms with van der Waals surface area (Å²) < 4.78 is 6.02. The van der Waals surface area contributed by atoms with E-state index in [0.29, 0.717) is 13.1 Å². The second-order valence-corrected chi connectivity index (χ2v) is 5.67. The van der Waals surface area contributed by atoms with Gasteiger partial charge in [0.25, 0.3) is 0 Å². The molecule has 1 saturated heterocycles. The molecule has 0 aromatic carbocycles. The lowest BCUT2D eigenvalue weighted by molar-refractivity contribution is -0.0820. The Hall–Kier alpha value is -0.160. The Morgan fingerprint density at radius 2 is 1.62 bits per heavy atom. The maximum atomic E-state index is 9.06. The van der Waals surface area contributed by atoms with E-state index in [2.05, 4.69) is 32.6 Å². The molecular formula is C12H25NO3. The maximum absolute atomic E-state index is 9.06. The Labute approximate surface area is 98.2 Å². The van der Waals surface area contributed by atoms with E-state index in [1.807, 2.05) is 0 Å². The molecule has 0 aromatic rings. The van der Waals surface area contributed by atoms with Gasteiger partial charge in [-0.25, -0.2) is 0 Å². The molecule has 0 radical (unpaired) electrons. The normalized spacial score (nSPS) is 27.6. The molecule has 4 nitrogen and oxygen atoms in total. The molecule has 0 bridgehead atoms. The molecule has 1 aliphatic rings. The highest BCUT2D eigenvalue weighted by Crippen LogP contribution is 2.39. The van der Waals surface area contributed by atoms with Crippen molar-refractivity contribution in [1.82, 2.24) is 4.90 Å². The van der Waals surface area contributed by atoms with Crippen molar-refractivity contribution in [2.45, 2.75) is 51.4 Å². The average molecular weight is 231 g/mol. The van der Waals surface area contributed by atoms with Gasteiger partial charge in [0.15, 0.2) is 0 Å². The molecule has 1 rings (SSSR count). The lowest BCUT2D eigenvalue weighted by Gasteiger charge is -2.35. The van der Waals surface area contributed by atoms with Gasteiger partial charge in [-0.3, -0.25) is 4.90 Å². The fourth-order valence-corrected chi connectivity index (χ4v) is 2.78. The monoisotopic (exact) mass is 231 g/mol. The second kappa shape index (κ2) is 5.00. The molecule has 16 heavy (non-hydrogen) atoms. The summed E-state index contributed by atoms with van der Waals surface area (Å²) in [5.74, 6) is 0. The zero-order valence-electron chi connectivity index (χ0n) is 10.9. The highest BCUT2D eigenvalue weighted by atomic mass is 16.5. The van der Waals surface area contributed by atoms with Crippen LogP contribution in [0, 0.1) is 0 Å². The van der Waals surface area contributed by atoms with E-state index in [0.717, 1.165) is 6.42 Å². The van der Waals surface area contributed by atoms with E-state index in [-0.39, 0.29) is 30.5 Å². The van der Waals surface area contributed by atoms with Crippen LogP contribution in [0.4, 0.5) is 0 Å². The van der Waals surface area contributed by atoms with Crippen molar-refractivity contribution < 1.29 is 14.9 Å². The lowest BCUT2D eigenvalue weighted by Crippen LogP contribution is -2.48. The first-order chi connectivity index (χ1) is 7.32. The van der Waals surface area contributed by atoms with E-state index in [1.165, 1.54) is 0 Å². The fraction of sp³-hybridized carbons (Fsp3) is 1.00. The molecule has 1 fully saturated rings. The van der Waals surface area contributed by atoms with Gasteiger partial charge in [0.1, 0.15) is 0 Å². The van der Waals surface area contributed by atoms with Gasteiger partial charge in [0.05, 0.1) is 24.4 Å². The van der Waals surface area contributed by atoms with Crippen LogP contribution in [0.1, 0.15) is 34.1 Å². The van der Waals surface area contributed by atoms with Crippen LogP contribution < -0.4 is 0 Å². The predicted molar refractivity (Wildman–Crippen MR) is 63.4 cm³/mol. The molecule has 0 spiro atoms. The van der Waals surface area contributed by atoms with Crippen molar-refractivity contribution in [3.63, 3.8) is 0 Å². The highest BCUT2D eigenvalue weighted by molar-refractivity contribution is 4.99. The summed E-state index contributed by atoms with van der Waals surface area (Å²) in [7, 11) is 0. The van der Waals surface area contributed by atoms with Crippen molar-refractivity contribution in [2.24, 2.45) is 0 Å². The number of aliphatic hydroxyl groups excluding tert-OH is 2. The van der Waals surface area contributed by atoms with Gasteiger partial charge < -0.3 is 14.9 Å². The van der Waals surface area contributed by atoms with Crippen molar-refractivity contribution in [1.29, 1.82) is 0 Å². The van der Waals surface area contributed by atoms with Crippen LogP contribution in [0.3, 0.4) is 0 Å². The number of hydrogen-bond donors (Lipinski definition) is 2. The molecule has 1 unspecified atom stereocenters. The molecular weight excluding hydrogens is 206 g/mol. The Morgan fingerprint density at radius 1 is 1.12 bits per heavy atom. The molecule has 1 atom stereocenters. The lowest BCUT2D eigenvalue weighted by atomic mass is 9.93. The first-order valence-corrected chi connectivity index (χ1v) is 5.98. The van der Waals surface area contributed by atoms with E-state index in [1.54, 1.807) is 0 Å². The average Bonchev–Trinajstić information content (AvgIpc) is 2.34. The summed E-state index contributed by atoms with van der Waals surface area (Å²) in [6, 6.07) is 0.252. The van der Waals surface area contributed by atoms with Crippen LogP contribution in [0.15, 0.2) is 0 Å². The van der Waals surface area contributed by atoms with Gasteiger partial charge in [-0.05, 0) is 34.1 Å². The zero-order chi connectivity index (χ0) is 12.4. The van der Waals surface area contributed by atoms with Gasteiger partial charge >= 0.3 is 0 Å². The van der Waals surface area contributed by atoms with Gasteiger partial charge in [-0.2, -0.15) is 0 Å². The first-order valence-electron chi connectivity index (χ1n) is 5.98. The van der Waals surface area contributed by atoms with Crippen LogP contribution >= 0.6 is 0 Å². The smallest absolute Gasteiger partial charge is 0.0789 e. The molecule has 0 aromatic heterocycles. The molecule has 96 valence electrons. The summed E-state index contributed by atoms with van der Waals surface area (Å²) in [6.45, 7) is 9.75. The molecule has 4 heteroatoms. The van der Waals surface area contributed by atoms with Gasteiger partial charge in [0, 0.05) is 19.1 Å². The summed E-state index contributed by atoms with van der Waals surface area (Å²) in [4.78, 5) is 2.12. The van der Waals surface area contributed by atoms with E-state index in [9.17, 15) is 0 Å². The summed E-state index contributed by atoms with van der Waals surface area (Å²) in [5.41, 5.74) is -0.356. The minimum absolute atomic E-state index is 0.118. The molecule has 0 aliphatic carbocycles. The van der Waals surface area contributed by atoms with Crippen LogP contribution in [-0.4, -0.2) is 58.7 Å². The Bertz CT molecular complexity index is 222. The SMILES string of the molecule is CC1(C)CC(N(CCO)CCO)C(C)(C)O1. The van der Waals surface area contributed by atoms with Crippen molar-refractivity contribution >= 4 is 0 Å². The van der Waals surface area contributed by atoms with E-state index in [4.69, 9.17) is 14.9 Å². The molecule has 0 saturated carbocycles. The van der Waals surface area contributed by atoms with E-state index < -0.39 is 0 Å². The Kier molecular flexibility index (Phi) is 4.35. The quantitative estimate of drug-likeness (QED) is 0.728. The molecule has 1 heterocycles. The minimum atomic E-state index is -0.228. The third-order valence-corrected chi connectivity index (χ3v) is 3.24. The van der Waals surface area contributed by atoms with Gasteiger partial charge in [-0.1, -0.05) is 0 Å². The van der Waals surface area contributed by atoms with Gasteiger partial charge in [-0.15, -0.1) is 0 Å². The zero-order valence-corrected chi connectivity index (χ0v) is 10.9. The van der Waals surface area contributed by atoms with Crippen molar-refractivity contribution in [3.05, 3.63) is 0 Å². The number of rotatable bonds is 5. The van der Waals surface area contributed by atoms with Crippen molar-refractivity contribution in [3.8, 4) is 0 Å². The number of aliphatic hydroxyl groups is 2. The highest BCUT2D eigenvalue weighted by Gasteiger charge is 2.47.